The molecule has 204 valence electrons. The largest absolute Gasteiger partial charge is 0.381 e. The van der Waals surface area contributed by atoms with Gasteiger partial charge in [-0.05, 0) is 62.0 Å². The molecule has 5 heterocycles. The van der Waals surface area contributed by atoms with E-state index in [2.05, 4.69) is 38.5 Å². The highest BCUT2D eigenvalue weighted by Gasteiger charge is 2.29. The molecule has 1 amide bonds. The van der Waals surface area contributed by atoms with Crippen LogP contribution in [0.4, 0.5) is 5.82 Å². The van der Waals surface area contributed by atoms with Crippen LogP contribution in [0.3, 0.4) is 0 Å². The highest BCUT2D eigenvalue weighted by atomic mass is 32.1. The molecule has 0 radical (unpaired) electrons. The first-order chi connectivity index (χ1) is 18.5. The first-order valence-electron chi connectivity index (χ1n) is 14.1. The number of rotatable bonds is 6. The van der Waals surface area contributed by atoms with Crippen LogP contribution < -0.4 is 5.32 Å². The van der Waals surface area contributed by atoms with Crippen molar-refractivity contribution in [3.05, 3.63) is 34.7 Å². The monoisotopic (exact) mass is 537 g/mol. The highest BCUT2D eigenvalue weighted by Crippen LogP contribution is 2.33. The quantitative estimate of drug-likeness (QED) is 0.508. The second-order valence-corrected chi connectivity index (χ2v) is 12.0. The third kappa shape index (κ3) is 5.58. The van der Waals surface area contributed by atoms with E-state index >= 15 is 0 Å². The first-order valence-corrected chi connectivity index (χ1v) is 15.0. The van der Waals surface area contributed by atoms with E-state index in [0.29, 0.717) is 24.5 Å². The van der Waals surface area contributed by atoms with E-state index in [-0.39, 0.29) is 5.91 Å². The van der Waals surface area contributed by atoms with Crippen molar-refractivity contribution in [1.29, 1.82) is 0 Å². The predicted octanol–water partition coefficient (Wildman–Crippen LogP) is 4.03. The average molecular weight is 538 g/mol. The number of aromatic nitrogens is 4. The minimum atomic E-state index is 0.199. The normalized spacial score (nSPS) is 23.7. The molecular weight excluding hydrogens is 498 g/mol. The van der Waals surface area contributed by atoms with E-state index < -0.39 is 0 Å². The van der Waals surface area contributed by atoms with Crippen LogP contribution >= 0.6 is 11.3 Å². The van der Waals surface area contributed by atoms with Gasteiger partial charge in [-0.15, -0.1) is 11.3 Å². The summed E-state index contributed by atoms with van der Waals surface area (Å²) < 4.78 is 7.61. The van der Waals surface area contributed by atoms with Gasteiger partial charge in [0.25, 0.3) is 0 Å². The average Bonchev–Trinajstić information content (AvgIpc) is 3.56. The van der Waals surface area contributed by atoms with Gasteiger partial charge in [-0.25, -0.2) is 9.97 Å². The van der Waals surface area contributed by atoms with E-state index in [9.17, 15) is 4.79 Å². The molecule has 3 aromatic heterocycles. The summed E-state index contributed by atoms with van der Waals surface area (Å²) in [7, 11) is 0. The Morgan fingerprint density at radius 2 is 1.82 bits per heavy atom. The van der Waals surface area contributed by atoms with Crippen molar-refractivity contribution < 1.29 is 9.53 Å². The van der Waals surface area contributed by atoms with E-state index in [0.717, 1.165) is 87.1 Å². The topological polar surface area (TPSA) is 88.4 Å². The van der Waals surface area contributed by atoms with E-state index in [4.69, 9.17) is 14.7 Å². The number of hydrogen-bond acceptors (Lipinski definition) is 8. The number of piperazine rings is 1. The third-order valence-electron chi connectivity index (χ3n) is 8.56. The van der Waals surface area contributed by atoms with Crippen LogP contribution in [-0.2, 0) is 16.0 Å². The van der Waals surface area contributed by atoms with Gasteiger partial charge in [0.15, 0.2) is 0 Å². The number of carbonyl (C=O) groups is 1. The summed E-state index contributed by atoms with van der Waals surface area (Å²) in [5.74, 6) is 2.04. The molecule has 38 heavy (non-hydrogen) atoms. The van der Waals surface area contributed by atoms with Crippen molar-refractivity contribution in [3.8, 4) is 0 Å². The smallest absolute Gasteiger partial charge is 0.219 e. The van der Waals surface area contributed by atoms with Gasteiger partial charge >= 0.3 is 0 Å². The Morgan fingerprint density at radius 1 is 1.05 bits per heavy atom. The van der Waals surface area contributed by atoms with Gasteiger partial charge in [0.1, 0.15) is 16.5 Å². The molecule has 1 saturated carbocycles. The second kappa shape index (κ2) is 11.3. The molecule has 0 spiro atoms. The molecule has 1 N–H and O–H groups in total. The minimum absolute atomic E-state index is 0.199. The number of nitrogens with one attached hydrogen (secondary N) is 1. The zero-order chi connectivity index (χ0) is 26.1. The number of hydrogen-bond donors (Lipinski definition) is 1. The van der Waals surface area contributed by atoms with Crippen molar-refractivity contribution in [2.75, 3.05) is 44.7 Å². The fourth-order valence-electron chi connectivity index (χ4n) is 6.29. The molecule has 1 aliphatic carbocycles. The Hall–Kier alpha value is -2.56. The number of aryl methyl sites for hydroxylation is 1. The molecule has 0 atom stereocenters. The molecule has 0 bridgehead atoms. The highest BCUT2D eigenvalue weighted by molar-refractivity contribution is 7.17. The number of carbonyl (C=O) groups excluding carboxylic acids is 1. The number of ether oxygens (including phenoxy) is 1. The fourth-order valence-corrected chi connectivity index (χ4v) is 7.23. The summed E-state index contributed by atoms with van der Waals surface area (Å²) in [6, 6.07) is 1.47. The molecule has 2 saturated heterocycles. The second-order valence-electron chi connectivity index (χ2n) is 11.1. The molecule has 3 fully saturated rings. The molecule has 3 aromatic rings. The molecule has 10 heteroatoms. The number of nitrogens with zero attached hydrogens (tertiary/aromatic N) is 6. The van der Waals surface area contributed by atoms with Crippen LogP contribution in [0.15, 0.2) is 17.8 Å². The molecule has 6 rings (SSSR count). The fraction of sp³-hybridized carbons (Fsp3) is 0.643. The van der Waals surface area contributed by atoms with Gasteiger partial charge in [0.2, 0.25) is 5.91 Å². The Labute approximate surface area is 228 Å². The number of thiophene rings is 1. The first kappa shape index (κ1) is 25.7. The van der Waals surface area contributed by atoms with Gasteiger partial charge in [0.05, 0.1) is 17.6 Å². The van der Waals surface area contributed by atoms with Gasteiger partial charge in [-0.3, -0.25) is 14.4 Å². The summed E-state index contributed by atoms with van der Waals surface area (Å²) in [6.07, 6.45) is 11.5. The van der Waals surface area contributed by atoms with Gasteiger partial charge in [-0.2, -0.15) is 5.10 Å². The van der Waals surface area contributed by atoms with Crippen LogP contribution in [-0.4, -0.2) is 86.9 Å². The number of amides is 1. The van der Waals surface area contributed by atoms with Crippen molar-refractivity contribution in [3.63, 3.8) is 0 Å². The Balaban J connectivity index is 1.11. The minimum Gasteiger partial charge on any atom is -0.381 e. The molecule has 9 nitrogen and oxygen atoms in total. The van der Waals surface area contributed by atoms with Crippen molar-refractivity contribution in [2.24, 2.45) is 0 Å². The maximum absolute atomic E-state index is 11.7. The van der Waals surface area contributed by atoms with Gasteiger partial charge < -0.3 is 15.0 Å². The predicted molar refractivity (Wildman–Crippen MR) is 150 cm³/mol. The van der Waals surface area contributed by atoms with Gasteiger partial charge in [-0.1, -0.05) is 0 Å². The van der Waals surface area contributed by atoms with E-state index in [1.807, 2.05) is 11.1 Å². The van der Waals surface area contributed by atoms with Crippen LogP contribution in [0.2, 0.25) is 0 Å². The standard InChI is InChI=1S/C28H39N7O2S/c1-19-18-38-28-26(19)27(30-22-3-5-23(6-4-22)34-11-9-33(10-12-34)20(2)36)31-25(32-28)15-21-16-29-35(17-21)24-7-13-37-14-8-24/h16-18,22-24H,3-15H2,1-2H3,(H,30,31,32). The van der Waals surface area contributed by atoms with Crippen LogP contribution in [0.1, 0.15) is 68.4 Å². The van der Waals surface area contributed by atoms with Crippen LogP contribution in [0, 0.1) is 6.92 Å². The molecule has 0 unspecified atom stereocenters. The molecule has 0 aromatic carbocycles. The maximum Gasteiger partial charge on any atom is 0.219 e. The summed E-state index contributed by atoms with van der Waals surface area (Å²) >= 11 is 1.70. The SMILES string of the molecule is CC(=O)N1CCN(C2CCC(Nc3nc(Cc4cnn(C5CCOCC5)c4)nc4scc(C)c34)CC2)CC1. The lowest BCUT2D eigenvalue weighted by atomic mass is 9.89. The van der Waals surface area contributed by atoms with Crippen LogP contribution in [0.25, 0.3) is 10.2 Å². The Kier molecular flexibility index (Phi) is 7.63. The van der Waals surface area contributed by atoms with E-state index in [1.165, 1.54) is 23.8 Å². The molecular formula is C28H39N7O2S. The zero-order valence-corrected chi connectivity index (χ0v) is 23.4. The summed E-state index contributed by atoms with van der Waals surface area (Å²) in [4.78, 5) is 27.3. The van der Waals surface area contributed by atoms with Gasteiger partial charge in [0, 0.05) is 71.0 Å². The lowest BCUT2D eigenvalue weighted by Crippen LogP contribution is -2.52. The summed E-state index contributed by atoms with van der Waals surface area (Å²) in [6.45, 7) is 9.17. The zero-order valence-electron chi connectivity index (χ0n) is 22.6. The van der Waals surface area contributed by atoms with E-state index in [1.54, 1.807) is 18.3 Å². The molecule has 2 aliphatic heterocycles. The maximum atomic E-state index is 11.7. The summed E-state index contributed by atoms with van der Waals surface area (Å²) in [5, 5.41) is 11.8. The van der Waals surface area contributed by atoms with Crippen molar-refractivity contribution in [2.45, 2.75) is 76.9 Å². The number of anilines is 1. The van der Waals surface area contributed by atoms with Crippen molar-refractivity contribution in [1.82, 2.24) is 29.5 Å². The van der Waals surface area contributed by atoms with Crippen molar-refractivity contribution >= 4 is 33.3 Å². The molecule has 3 aliphatic rings. The third-order valence-corrected chi connectivity index (χ3v) is 9.55. The van der Waals surface area contributed by atoms with Crippen LogP contribution in [0.5, 0.6) is 0 Å². The Morgan fingerprint density at radius 3 is 2.55 bits per heavy atom. The summed E-state index contributed by atoms with van der Waals surface area (Å²) in [5.41, 5.74) is 2.39. The lowest BCUT2D eigenvalue weighted by Gasteiger charge is -2.42. The lowest BCUT2D eigenvalue weighted by molar-refractivity contribution is -0.131. The number of fused-ring (bicyclic) bond motifs is 1. The Bertz CT molecular complexity index is 1250.